The van der Waals surface area contributed by atoms with Crippen LogP contribution in [-0.2, 0) is 13.8 Å². The summed E-state index contributed by atoms with van der Waals surface area (Å²) in [6.07, 6.45) is 6.86. The monoisotopic (exact) mass is 395 g/mol. The van der Waals surface area contributed by atoms with E-state index < -0.39 is 7.75 Å². The van der Waals surface area contributed by atoms with Crippen LogP contribution in [0.3, 0.4) is 0 Å². The summed E-state index contributed by atoms with van der Waals surface area (Å²) < 4.78 is 31.9. The van der Waals surface area contributed by atoms with Gasteiger partial charge in [-0.1, -0.05) is 64.6 Å². The van der Waals surface area contributed by atoms with Crippen LogP contribution in [0.1, 0.15) is 34.6 Å². The molecule has 0 amide bonds. The summed E-state index contributed by atoms with van der Waals surface area (Å²) in [5.41, 5.74) is 0. The van der Waals surface area contributed by atoms with Gasteiger partial charge in [0.25, 0.3) is 0 Å². The molecule has 152 valence electrons. The average Bonchev–Trinajstić information content (AvgIpc) is 2.75. The number of ether oxygens (including phenoxy) is 1. The van der Waals surface area contributed by atoms with E-state index in [0.717, 1.165) is 0 Å². The van der Waals surface area contributed by atoms with Gasteiger partial charge in [0.15, 0.2) is 0 Å². The molecule has 0 spiro atoms. The van der Waals surface area contributed by atoms with Crippen LogP contribution in [-0.4, -0.2) is 31.0 Å². The zero-order chi connectivity index (χ0) is 20.5. The lowest BCUT2D eigenvalue weighted by atomic mass is 10.3. The predicted molar refractivity (Wildman–Crippen MR) is 114 cm³/mol. The highest BCUT2D eigenvalue weighted by molar-refractivity contribution is 7.51. The number of hydrogen-bond donors (Lipinski definition) is 0. The number of benzene rings is 1. The highest BCUT2D eigenvalue weighted by atomic mass is 31.2. The average molecular weight is 395 g/mol. The number of hydrogen-bond acceptors (Lipinski definition) is 4. The van der Waals surface area contributed by atoms with E-state index in [4.69, 9.17) is 13.8 Å². The molecule has 0 N–H and O–H groups in total. The fourth-order valence-electron chi connectivity index (χ4n) is 2.01. The maximum absolute atomic E-state index is 13.4. The number of rotatable bonds is 7. The Morgan fingerprint density at radius 1 is 1.15 bits per heavy atom. The van der Waals surface area contributed by atoms with Gasteiger partial charge in [-0.05, 0) is 31.2 Å². The molecular weight excluding hydrogens is 361 g/mol. The van der Waals surface area contributed by atoms with Gasteiger partial charge in [0.1, 0.15) is 11.5 Å². The van der Waals surface area contributed by atoms with E-state index in [-0.39, 0.29) is 0 Å². The second kappa shape index (κ2) is 15.3. The van der Waals surface area contributed by atoms with E-state index in [2.05, 4.69) is 6.58 Å². The third-order valence-corrected chi connectivity index (χ3v) is 5.15. The fourth-order valence-corrected chi connectivity index (χ4v) is 3.72. The molecule has 2 rings (SSSR count). The molecule has 0 aliphatic carbocycles. The van der Waals surface area contributed by atoms with Gasteiger partial charge in [0.05, 0.1) is 13.2 Å². The zero-order valence-electron chi connectivity index (χ0n) is 17.3. The van der Waals surface area contributed by atoms with Crippen LogP contribution in [0, 0.1) is 0 Å². The first kappa shape index (κ1) is 25.2. The smallest absolute Gasteiger partial charge is 0.404 e. The van der Waals surface area contributed by atoms with Gasteiger partial charge in [0.2, 0.25) is 0 Å². The lowest BCUT2D eigenvalue weighted by Crippen LogP contribution is -2.35. The Kier molecular flexibility index (Phi) is 14.2. The number of morpholine rings is 1. The molecule has 1 fully saturated rings. The van der Waals surface area contributed by atoms with Crippen LogP contribution in [0.25, 0.3) is 0 Å². The molecule has 1 aromatic carbocycles. The summed E-state index contributed by atoms with van der Waals surface area (Å²) in [6.45, 7) is 15.5. The molecule has 1 saturated heterocycles. The number of allylic oxidation sites excluding steroid dienone is 4. The number of para-hydroxylation sites is 1. The molecule has 1 aliphatic heterocycles. The molecule has 1 heterocycles. The highest BCUT2D eigenvalue weighted by Crippen LogP contribution is 2.53. The standard InChI is InChI=1S/C17H22NO4P.2C2H6/c1-3-5-9-16(4-2)21-23(19,18-12-14-20-15-13-18)22-17-10-7-6-8-11-17;2*1-2/h3-11H,2,12-15H2,1H3;2*1-2H3/b5-3-,16-9+;;. The van der Waals surface area contributed by atoms with Gasteiger partial charge >= 0.3 is 7.75 Å². The van der Waals surface area contributed by atoms with E-state index in [9.17, 15) is 4.57 Å². The summed E-state index contributed by atoms with van der Waals surface area (Å²) in [6, 6.07) is 9.01. The second-order valence-corrected chi connectivity index (χ2v) is 6.70. The molecule has 1 unspecified atom stereocenters. The summed E-state index contributed by atoms with van der Waals surface area (Å²) in [5, 5.41) is 0. The highest BCUT2D eigenvalue weighted by Gasteiger charge is 2.38. The first-order chi connectivity index (χ1) is 13.2. The van der Waals surface area contributed by atoms with E-state index in [1.807, 2.05) is 58.9 Å². The summed E-state index contributed by atoms with van der Waals surface area (Å²) >= 11 is 0. The molecule has 0 bridgehead atoms. The molecule has 1 atom stereocenters. The van der Waals surface area contributed by atoms with Gasteiger partial charge < -0.3 is 13.8 Å². The third-order valence-electron chi connectivity index (χ3n) is 3.17. The quantitative estimate of drug-likeness (QED) is 0.312. The van der Waals surface area contributed by atoms with Gasteiger partial charge in [0, 0.05) is 13.1 Å². The number of nitrogens with zero attached hydrogens (tertiary/aromatic N) is 1. The Bertz CT molecular complexity index is 608. The second-order valence-electron chi connectivity index (χ2n) is 4.83. The topological polar surface area (TPSA) is 48.0 Å². The van der Waals surface area contributed by atoms with Crippen molar-refractivity contribution in [3.05, 3.63) is 67.0 Å². The Balaban J connectivity index is 0.00000158. The Hall–Kier alpha value is -1.81. The van der Waals surface area contributed by atoms with Crippen molar-refractivity contribution in [1.82, 2.24) is 4.67 Å². The Morgan fingerprint density at radius 3 is 2.26 bits per heavy atom. The van der Waals surface area contributed by atoms with Gasteiger partial charge in [-0.25, -0.2) is 4.57 Å². The first-order valence-electron chi connectivity index (χ1n) is 9.51. The SMILES string of the molecule is C=C/C(=C\C=C/C)OP(=O)(Oc1ccccc1)N1CCOCC1.CC.CC. The molecule has 27 heavy (non-hydrogen) atoms. The summed E-state index contributed by atoms with van der Waals surface area (Å²) in [7, 11) is -3.55. The van der Waals surface area contributed by atoms with Crippen LogP contribution < -0.4 is 4.52 Å². The van der Waals surface area contributed by atoms with Crippen molar-refractivity contribution in [1.29, 1.82) is 0 Å². The minimum Gasteiger partial charge on any atom is -0.404 e. The van der Waals surface area contributed by atoms with Crippen molar-refractivity contribution >= 4 is 7.75 Å². The van der Waals surface area contributed by atoms with Crippen LogP contribution in [0.4, 0.5) is 0 Å². The fraction of sp³-hybridized carbons (Fsp3) is 0.429. The van der Waals surface area contributed by atoms with Crippen LogP contribution in [0.5, 0.6) is 5.75 Å². The molecule has 0 saturated carbocycles. The van der Waals surface area contributed by atoms with E-state index in [1.54, 1.807) is 29.0 Å². The minimum atomic E-state index is -3.55. The van der Waals surface area contributed by atoms with E-state index >= 15 is 0 Å². The van der Waals surface area contributed by atoms with Crippen LogP contribution in [0.2, 0.25) is 0 Å². The van der Waals surface area contributed by atoms with Crippen molar-refractivity contribution in [2.24, 2.45) is 0 Å². The molecular formula is C21H34NO4P. The van der Waals surface area contributed by atoms with Crippen LogP contribution in [0.15, 0.2) is 67.0 Å². The van der Waals surface area contributed by atoms with Crippen LogP contribution >= 0.6 is 7.75 Å². The first-order valence-corrected chi connectivity index (χ1v) is 11.0. The largest absolute Gasteiger partial charge is 0.515 e. The summed E-state index contributed by atoms with van der Waals surface area (Å²) in [5.74, 6) is 0.894. The maximum atomic E-state index is 13.4. The lowest BCUT2D eigenvalue weighted by molar-refractivity contribution is 0.0606. The van der Waals surface area contributed by atoms with Crippen molar-refractivity contribution in [2.75, 3.05) is 26.3 Å². The van der Waals surface area contributed by atoms with Gasteiger partial charge in [-0.2, -0.15) is 4.67 Å². The molecule has 1 aliphatic rings. The van der Waals surface area contributed by atoms with Gasteiger partial charge in [-0.3, -0.25) is 0 Å². The summed E-state index contributed by atoms with van der Waals surface area (Å²) in [4.78, 5) is 0. The Labute approximate surface area is 164 Å². The van der Waals surface area contributed by atoms with Crippen molar-refractivity contribution in [2.45, 2.75) is 34.6 Å². The van der Waals surface area contributed by atoms with Gasteiger partial charge in [-0.15, -0.1) is 0 Å². The van der Waals surface area contributed by atoms with E-state index in [1.165, 1.54) is 6.08 Å². The molecule has 0 radical (unpaired) electrons. The minimum absolute atomic E-state index is 0.397. The molecule has 1 aromatic rings. The Morgan fingerprint density at radius 2 is 1.74 bits per heavy atom. The van der Waals surface area contributed by atoms with Crippen molar-refractivity contribution < 1.29 is 18.3 Å². The molecule has 5 nitrogen and oxygen atoms in total. The normalized spacial score (nSPS) is 16.9. The van der Waals surface area contributed by atoms with Crippen molar-refractivity contribution in [3.8, 4) is 5.75 Å². The van der Waals surface area contributed by atoms with E-state index in [0.29, 0.717) is 37.8 Å². The zero-order valence-corrected chi connectivity index (χ0v) is 18.2. The van der Waals surface area contributed by atoms with Crippen molar-refractivity contribution in [3.63, 3.8) is 0 Å². The lowest BCUT2D eigenvalue weighted by Gasteiger charge is -2.32. The third kappa shape index (κ3) is 9.09. The molecule has 6 heteroatoms. The molecule has 0 aromatic heterocycles. The maximum Gasteiger partial charge on any atom is 0.515 e. The predicted octanol–water partition coefficient (Wildman–Crippen LogP) is 6.22.